The normalized spacial score (nSPS) is 14.1. The van der Waals surface area contributed by atoms with Crippen LogP contribution in [0.3, 0.4) is 0 Å². The summed E-state index contributed by atoms with van der Waals surface area (Å²) in [7, 11) is 0. The molecule has 74 valence electrons. The highest BCUT2D eigenvalue weighted by Crippen LogP contribution is 2.36. The van der Waals surface area contributed by atoms with Crippen LogP contribution in [-0.2, 0) is 11.2 Å². The van der Waals surface area contributed by atoms with Gasteiger partial charge in [-0.15, -0.1) is 0 Å². The number of ether oxygens (including phenoxy) is 1. The van der Waals surface area contributed by atoms with E-state index in [0.29, 0.717) is 6.42 Å². The maximum atomic E-state index is 11.2. The van der Waals surface area contributed by atoms with Crippen LogP contribution >= 0.6 is 0 Å². The molecule has 0 bridgehead atoms. The highest BCUT2D eigenvalue weighted by Gasteiger charge is 2.26. The summed E-state index contributed by atoms with van der Waals surface area (Å²) < 4.78 is 5.22. The lowest BCUT2D eigenvalue weighted by molar-refractivity contribution is -0.131. The highest BCUT2D eigenvalue weighted by atomic mass is 16.5. The Hall–Kier alpha value is -1.31. The summed E-state index contributed by atoms with van der Waals surface area (Å²) >= 11 is 0. The van der Waals surface area contributed by atoms with Crippen LogP contribution in [0.15, 0.2) is 0 Å². The fraction of sp³-hybridized carbons (Fsp3) is 0.417. The molecule has 0 saturated heterocycles. The second-order valence-corrected chi connectivity index (χ2v) is 3.96. The minimum absolute atomic E-state index is 0.129. The van der Waals surface area contributed by atoms with Crippen molar-refractivity contribution in [3.05, 3.63) is 27.8 Å². The molecule has 0 atom stereocenters. The molecule has 1 aromatic carbocycles. The van der Waals surface area contributed by atoms with Crippen LogP contribution in [0, 0.1) is 27.7 Å². The van der Waals surface area contributed by atoms with E-state index in [2.05, 4.69) is 20.8 Å². The van der Waals surface area contributed by atoms with Crippen molar-refractivity contribution < 1.29 is 9.53 Å². The van der Waals surface area contributed by atoms with Gasteiger partial charge in [0.05, 0.1) is 6.42 Å². The Morgan fingerprint density at radius 3 is 2.14 bits per heavy atom. The van der Waals surface area contributed by atoms with E-state index in [1.54, 1.807) is 0 Å². The number of carbonyl (C=O) groups excluding carboxylic acids is 1. The van der Waals surface area contributed by atoms with Gasteiger partial charge in [-0.3, -0.25) is 4.79 Å². The molecule has 0 unspecified atom stereocenters. The predicted molar refractivity (Wildman–Crippen MR) is 54.7 cm³/mol. The molecule has 0 N–H and O–H groups in total. The second kappa shape index (κ2) is 2.84. The molecule has 1 aliphatic rings. The van der Waals surface area contributed by atoms with Crippen LogP contribution in [0.4, 0.5) is 0 Å². The molecule has 1 aromatic rings. The van der Waals surface area contributed by atoms with Gasteiger partial charge in [0.1, 0.15) is 5.75 Å². The number of carbonyl (C=O) groups is 1. The van der Waals surface area contributed by atoms with E-state index in [1.807, 2.05) is 6.92 Å². The van der Waals surface area contributed by atoms with Crippen molar-refractivity contribution in [2.24, 2.45) is 0 Å². The molecule has 1 aliphatic heterocycles. The first kappa shape index (κ1) is 9.25. The van der Waals surface area contributed by atoms with Gasteiger partial charge in [0.25, 0.3) is 0 Å². The monoisotopic (exact) mass is 190 g/mol. The van der Waals surface area contributed by atoms with E-state index >= 15 is 0 Å². The van der Waals surface area contributed by atoms with Gasteiger partial charge in [-0.2, -0.15) is 0 Å². The zero-order valence-corrected chi connectivity index (χ0v) is 9.02. The first-order valence-corrected chi connectivity index (χ1v) is 4.82. The zero-order valence-electron chi connectivity index (χ0n) is 9.02. The van der Waals surface area contributed by atoms with Crippen molar-refractivity contribution in [1.29, 1.82) is 0 Å². The third-order valence-electron chi connectivity index (χ3n) is 3.29. The lowest BCUT2D eigenvalue weighted by Crippen LogP contribution is -2.00. The van der Waals surface area contributed by atoms with Gasteiger partial charge in [0.2, 0.25) is 0 Å². The Kier molecular flexibility index (Phi) is 1.88. The standard InChI is InChI=1S/C12H14O2/c1-6-7(2)9(4)12-10(8(6)3)5-11(13)14-12/h5H2,1-4H3. The van der Waals surface area contributed by atoms with Gasteiger partial charge in [-0.05, 0) is 49.9 Å². The van der Waals surface area contributed by atoms with Gasteiger partial charge in [0, 0.05) is 5.56 Å². The lowest BCUT2D eigenvalue weighted by Gasteiger charge is -2.13. The van der Waals surface area contributed by atoms with Gasteiger partial charge in [0.15, 0.2) is 0 Å². The zero-order chi connectivity index (χ0) is 10.5. The van der Waals surface area contributed by atoms with Crippen molar-refractivity contribution in [2.75, 3.05) is 0 Å². The van der Waals surface area contributed by atoms with Gasteiger partial charge < -0.3 is 4.74 Å². The van der Waals surface area contributed by atoms with E-state index in [-0.39, 0.29) is 5.97 Å². The number of fused-ring (bicyclic) bond motifs is 1. The predicted octanol–water partition coefficient (Wildman–Crippen LogP) is 2.38. The summed E-state index contributed by atoms with van der Waals surface area (Å²) in [6.45, 7) is 8.24. The summed E-state index contributed by atoms with van der Waals surface area (Å²) in [6.07, 6.45) is 0.434. The first-order valence-electron chi connectivity index (χ1n) is 4.82. The number of hydrogen-bond acceptors (Lipinski definition) is 2. The molecule has 0 radical (unpaired) electrons. The van der Waals surface area contributed by atoms with E-state index in [0.717, 1.165) is 16.9 Å². The summed E-state index contributed by atoms with van der Waals surface area (Å²) in [4.78, 5) is 11.2. The van der Waals surface area contributed by atoms with Gasteiger partial charge in [-0.25, -0.2) is 0 Å². The van der Waals surface area contributed by atoms with Crippen LogP contribution < -0.4 is 4.74 Å². The summed E-state index contributed by atoms with van der Waals surface area (Å²) in [5.41, 5.74) is 5.90. The smallest absolute Gasteiger partial charge is 0.315 e. The number of benzene rings is 1. The Morgan fingerprint density at radius 1 is 0.929 bits per heavy atom. The van der Waals surface area contributed by atoms with Crippen LogP contribution in [0.5, 0.6) is 5.75 Å². The number of rotatable bonds is 0. The van der Waals surface area contributed by atoms with Crippen molar-refractivity contribution >= 4 is 5.97 Å². The van der Waals surface area contributed by atoms with Crippen LogP contribution in [0.25, 0.3) is 0 Å². The molecule has 2 rings (SSSR count). The molecule has 0 spiro atoms. The Balaban J connectivity index is 2.76. The largest absolute Gasteiger partial charge is 0.426 e. The molecule has 0 aliphatic carbocycles. The Bertz CT molecular complexity index is 392. The van der Waals surface area contributed by atoms with E-state index in [1.165, 1.54) is 16.7 Å². The molecular weight excluding hydrogens is 176 g/mol. The summed E-state index contributed by atoms with van der Waals surface area (Å²) in [5, 5.41) is 0. The fourth-order valence-electron chi connectivity index (χ4n) is 2.00. The first-order chi connectivity index (χ1) is 6.52. The quantitative estimate of drug-likeness (QED) is 0.464. The van der Waals surface area contributed by atoms with Crippen molar-refractivity contribution in [1.82, 2.24) is 0 Å². The second-order valence-electron chi connectivity index (χ2n) is 3.96. The molecule has 2 nitrogen and oxygen atoms in total. The summed E-state index contributed by atoms with van der Waals surface area (Å²) in [6, 6.07) is 0. The molecule has 0 fully saturated rings. The molecule has 1 heterocycles. The highest BCUT2D eigenvalue weighted by molar-refractivity contribution is 5.83. The SMILES string of the molecule is Cc1c(C)c(C)c2c(c1C)CC(=O)O2. The maximum absolute atomic E-state index is 11.2. The average molecular weight is 190 g/mol. The molecular formula is C12H14O2. The van der Waals surface area contributed by atoms with Gasteiger partial charge >= 0.3 is 5.97 Å². The number of hydrogen-bond donors (Lipinski definition) is 0. The molecule has 2 heteroatoms. The van der Waals surface area contributed by atoms with E-state index in [4.69, 9.17) is 4.74 Å². The molecule has 0 aromatic heterocycles. The molecule has 0 saturated carbocycles. The van der Waals surface area contributed by atoms with Crippen molar-refractivity contribution in [2.45, 2.75) is 34.1 Å². The maximum Gasteiger partial charge on any atom is 0.315 e. The van der Waals surface area contributed by atoms with E-state index in [9.17, 15) is 4.79 Å². The van der Waals surface area contributed by atoms with E-state index < -0.39 is 0 Å². The topological polar surface area (TPSA) is 26.3 Å². The third-order valence-corrected chi connectivity index (χ3v) is 3.29. The molecule has 0 amide bonds. The minimum atomic E-state index is -0.129. The van der Waals surface area contributed by atoms with Crippen molar-refractivity contribution in [3.63, 3.8) is 0 Å². The lowest BCUT2D eigenvalue weighted by atomic mass is 9.93. The Labute approximate surface area is 83.9 Å². The van der Waals surface area contributed by atoms with Crippen LogP contribution in [0.1, 0.15) is 27.8 Å². The summed E-state index contributed by atoms with van der Waals surface area (Å²) in [5.74, 6) is 0.673. The van der Waals surface area contributed by atoms with Gasteiger partial charge in [-0.1, -0.05) is 0 Å². The molecule has 14 heavy (non-hydrogen) atoms. The van der Waals surface area contributed by atoms with Crippen molar-refractivity contribution in [3.8, 4) is 5.75 Å². The van der Waals surface area contributed by atoms with Crippen LogP contribution in [-0.4, -0.2) is 5.97 Å². The minimum Gasteiger partial charge on any atom is -0.426 e. The van der Waals surface area contributed by atoms with Crippen LogP contribution in [0.2, 0.25) is 0 Å². The average Bonchev–Trinajstić information content (AvgIpc) is 2.54. The Morgan fingerprint density at radius 2 is 1.50 bits per heavy atom. The third kappa shape index (κ3) is 1.07. The fourth-order valence-corrected chi connectivity index (χ4v) is 2.00. The number of esters is 1.